The number of rotatable bonds is 5. The topological polar surface area (TPSA) is 64.1 Å². The van der Waals surface area contributed by atoms with E-state index < -0.39 is 11.6 Å². The van der Waals surface area contributed by atoms with Crippen LogP contribution >= 0.6 is 11.5 Å². The molecule has 0 saturated carbocycles. The van der Waals surface area contributed by atoms with E-state index in [2.05, 4.69) is 14.7 Å². The van der Waals surface area contributed by atoms with Gasteiger partial charge in [0.2, 0.25) is 5.13 Å². The number of anilines is 1. The van der Waals surface area contributed by atoms with Gasteiger partial charge in [-0.05, 0) is 33.3 Å². The molecule has 0 aliphatic heterocycles. The fourth-order valence-corrected chi connectivity index (χ4v) is 2.55. The normalized spacial score (nSPS) is 12.7. The smallest absolute Gasteiger partial charge is 0.329 e. The molecule has 2 rings (SSSR count). The van der Waals surface area contributed by atoms with Gasteiger partial charge in [-0.2, -0.15) is 4.37 Å². The summed E-state index contributed by atoms with van der Waals surface area (Å²) in [6.07, 6.45) is 0.536. The minimum atomic E-state index is -0.523. The molecule has 0 aliphatic rings. The van der Waals surface area contributed by atoms with Gasteiger partial charge in [0.1, 0.15) is 17.5 Å². The van der Waals surface area contributed by atoms with Crippen LogP contribution in [0.25, 0.3) is 0 Å². The summed E-state index contributed by atoms with van der Waals surface area (Å²) < 4.78 is 9.63. The number of aromatic nitrogens is 2. The highest BCUT2D eigenvalue weighted by Gasteiger charge is 2.26. The summed E-state index contributed by atoms with van der Waals surface area (Å²) in [7, 11) is 0. The molecular weight excluding hydrogens is 298 g/mol. The number of esters is 1. The molecule has 1 N–H and O–H groups in total. The van der Waals surface area contributed by atoms with E-state index in [0.29, 0.717) is 17.4 Å². The van der Waals surface area contributed by atoms with E-state index in [4.69, 9.17) is 4.74 Å². The number of nitrogens with one attached hydrogen (secondary N) is 1. The van der Waals surface area contributed by atoms with Crippen LogP contribution in [0.15, 0.2) is 30.3 Å². The molecule has 0 amide bonds. The van der Waals surface area contributed by atoms with Crippen LogP contribution in [0.1, 0.15) is 32.2 Å². The second-order valence-electron chi connectivity index (χ2n) is 6.07. The van der Waals surface area contributed by atoms with E-state index in [9.17, 15) is 4.79 Å². The summed E-state index contributed by atoms with van der Waals surface area (Å²) in [4.78, 5) is 16.7. The third-order valence-corrected chi connectivity index (χ3v) is 3.54. The predicted molar refractivity (Wildman–Crippen MR) is 88.0 cm³/mol. The molecule has 1 aromatic carbocycles. The molecule has 1 aromatic heterocycles. The highest BCUT2D eigenvalue weighted by Crippen LogP contribution is 2.17. The van der Waals surface area contributed by atoms with Gasteiger partial charge in [0.05, 0.1) is 0 Å². The monoisotopic (exact) mass is 319 g/mol. The van der Waals surface area contributed by atoms with Crippen molar-refractivity contribution in [3.05, 3.63) is 41.7 Å². The van der Waals surface area contributed by atoms with E-state index in [1.54, 1.807) is 0 Å². The summed E-state index contributed by atoms with van der Waals surface area (Å²) >= 11 is 1.24. The molecule has 118 valence electrons. The average molecular weight is 319 g/mol. The number of hydrogen-bond acceptors (Lipinski definition) is 6. The zero-order valence-electron chi connectivity index (χ0n) is 13.3. The van der Waals surface area contributed by atoms with Gasteiger partial charge in [-0.15, -0.1) is 0 Å². The summed E-state index contributed by atoms with van der Waals surface area (Å²) in [6.45, 7) is 7.40. The van der Waals surface area contributed by atoms with Crippen LogP contribution in [0, 0.1) is 6.92 Å². The number of hydrogen-bond donors (Lipinski definition) is 1. The SMILES string of the molecule is Cc1nsc(N[C@@H](Cc2ccccc2)C(=O)OC(C)(C)C)n1. The molecule has 22 heavy (non-hydrogen) atoms. The van der Waals surface area contributed by atoms with Gasteiger partial charge in [-0.25, -0.2) is 9.78 Å². The Morgan fingerprint density at radius 1 is 1.32 bits per heavy atom. The standard InChI is InChI=1S/C16H21N3O2S/c1-11-17-15(22-19-11)18-13(14(20)21-16(2,3)4)10-12-8-6-5-7-9-12/h5-9,13H,10H2,1-4H3,(H,17,18,19)/t13-/m0/s1. The molecule has 1 atom stereocenters. The Morgan fingerprint density at radius 3 is 2.55 bits per heavy atom. The lowest BCUT2D eigenvalue weighted by atomic mass is 10.1. The molecule has 2 aromatic rings. The average Bonchev–Trinajstić information content (AvgIpc) is 2.83. The Labute approximate surface area is 134 Å². The van der Waals surface area contributed by atoms with Crippen LogP contribution in [0.2, 0.25) is 0 Å². The van der Waals surface area contributed by atoms with Crippen molar-refractivity contribution >= 4 is 22.6 Å². The van der Waals surface area contributed by atoms with Gasteiger partial charge in [0, 0.05) is 18.0 Å². The van der Waals surface area contributed by atoms with Gasteiger partial charge in [-0.3, -0.25) is 0 Å². The minimum absolute atomic E-state index is 0.288. The Balaban J connectivity index is 2.14. The second-order valence-corrected chi connectivity index (χ2v) is 6.82. The Morgan fingerprint density at radius 2 is 2.00 bits per heavy atom. The molecule has 0 saturated heterocycles. The lowest BCUT2D eigenvalue weighted by Gasteiger charge is -2.24. The van der Waals surface area contributed by atoms with Crippen LogP contribution in [0.4, 0.5) is 5.13 Å². The van der Waals surface area contributed by atoms with Gasteiger partial charge in [-0.1, -0.05) is 30.3 Å². The lowest BCUT2D eigenvalue weighted by Crippen LogP contribution is -2.38. The molecular formula is C16H21N3O2S. The number of carbonyl (C=O) groups excluding carboxylic acids is 1. The highest BCUT2D eigenvalue weighted by atomic mass is 32.1. The van der Waals surface area contributed by atoms with Crippen molar-refractivity contribution in [3.63, 3.8) is 0 Å². The predicted octanol–water partition coefficient (Wildman–Crippen LogP) is 3.21. The molecule has 0 spiro atoms. The lowest BCUT2D eigenvalue weighted by molar-refractivity contribution is -0.155. The molecule has 0 fully saturated rings. The van der Waals surface area contributed by atoms with Gasteiger partial charge in [0.15, 0.2) is 0 Å². The van der Waals surface area contributed by atoms with Crippen LogP contribution in [-0.2, 0) is 16.0 Å². The molecule has 0 unspecified atom stereocenters. The van der Waals surface area contributed by atoms with E-state index in [1.807, 2.05) is 58.0 Å². The largest absolute Gasteiger partial charge is 0.458 e. The summed E-state index contributed by atoms with van der Waals surface area (Å²) in [5, 5.41) is 3.77. The highest BCUT2D eigenvalue weighted by molar-refractivity contribution is 7.09. The maximum Gasteiger partial charge on any atom is 0.329 e. The fraction of sp³-hybridized carbons (Fsp3) is 0.438. The summed E-state index contributed by atoms with van der Waals surface area (Å²) in [5.41, 5.74) is 0.539. The number of carbonyl (C=O) groups is 1. The van der Waals surface area contributed by atoms with Crippen LogP contribution < -0.4 is 5.32 Å². The maximum absolute atomic E-state index is 12.4. The summed E-state index contributed by atoms with van der Waals surface area (Å²) in [5.74, 6) is 0.402. The van der Waals surface area contributed by atoms with E-state index in [-0.39, 0.29) is 5.97 Å². The van der Waals surface area contributed by atoms with Crippen molar-refractivity contribution in [2.45, 2.75) is 45.8 Å². The number of benzene rings is 1. The first kappa shape index (κ1) is 16.4. The van der Waals surface area contributed by atoms with Gasteiger partial charge >= 0.3 is 5.97 Å². The van der Waals surface area contributed by atoms with Crippen LogP contribution in [0.5, 0.6) is 0 Å². The van der Waals surface area contributed by atoms with Crippen molar-refractivity contribution in [3.8, 4) is 0 Å². The molecule has 1 heterocycles. The maximum atomic E-state index is 12.4. The first-order valence-corrected chi connectivity index (χ1v) is 7.94. The molecule has 0 radical (unpaired) electrons. The van der Waals surface area contributed by atoms with Crippen molar-refractivity contribution in [2.24, 2.45) is 0 Å². The number of nitrogens with zero attached hydrogens (tertiary/aromatic N) is 2. The minimum Gasteiger partial charge on any atom is -0.458 e. The number of ether oxygens (including phenoxy) is 1. The van der Waals surface area contributed by atoms with Crippen molar-refractivity contribution < 1.29 is 9.53 Å². The van der Waals surface area contributed by atoms with Crippen LogP contribution in [0.3, 0.4) is 0 Å². The summed E-state index contributed by atoms with van der Waals surface area (Å²) in [6, 6.07) is 9.35. The van der Waals surface area contributed by atoms with Crippen molar-refractivity contribution in [1.82, 2.24) is 9.36 Å². The molecule has 0 bridgehead atoms. The molecule has 5 nitrogen and oxygen atoms in total. The third kappa shape index (κ3) is 5.11. The van der Waals surface area contributed by atoms with Crippen molar-refractivity contribution in [1.29, 1.82) is 0 Å². The first-order valence-electron chi connectivity index (χ1n) is 7.17. The van der Waals surface area contributed by atoms with Gasteiger partial charge < -0.3 is 10.1 Å². The van der Waals surface area contributed by atoms with Crippen molar-refractivity contribution in [2.75, 3.05) is 5.32 Å². The van der Waals surface area contributed by atoms with E-state index in [1.165, 1.54) is 11.5 Å². The van der Waals surface area contributed by atoms with Crippen LogP contribution in [-0.4, -0.2) is 27.0 Å². The zero-order valence-corrected chi connectivity index (χ0v) is 14.1. The van der Waals surface area contributed by atoms with Gasteiger partial charge in [0.25, 0.3) is 0 Å². The van der Waals surface area contributed by atoms with E-state index in [0.717, 1.165) is 5.56 Å². The fourth-order valence-electron chi connectivity index (χ4n) is 1.92. The first-order chi connectivity index (χ1) is 10.3. The third-order valence-electron chi connectivity index (χ3n) is 2.80. The Kier molecular flexibility index (Phi) is 5.13. The zero-order chi connectivity index (χ0) is 16.2. The molecule has 6 heteroatoms. The Hall–Kier alpha value is -1.95. The quantitative estimate of drug-likeness (QED) is 0.857. The number of aryl methyl sites for hydroxylation is 1. The molecule has 0 aliphatic carbocycles. The Bertz CT molecular complexity index is 620. The second kappa shape index (κ2) is 6.87. The van der Waals surface area contributed by atoms with E-state index >= 15 is 0 Å².